The molecule has 1 heterocycles. The number of nitriles is 1. The zero-order chi connectivity index (χ0) is 11.6. The van der Waals surface area contributed by atoms with Crippen molar-refractivity contribution in [3.8, 4) is 6.07 Å². The number of pyridine rings is 1. The van der Waals surface area contributed by atoms with Crippen LogP contribution in [0.1, 0.15) is 28.2 Å². The van der Waals surface area contributed by atoms with Gasteiger partial charge in [-0.2, -0.15) is 5.26 Å². The van der Waals surface area contributed by atoms with E-state index in [9.17, 15) is 13.6 Å². The third kappa shape index (κ3) is 2.19. The zero-order valence-electron chi connectivity index (χ0n) is 7.17. The summed E-state index contributed by atoms with van der Waals surface area (Å²) < 4.78 is 24.8. The van der Waals surface area contributed by atoms with Crippen LogP contribution in [0.2, 0.25) is 0 Å². The van der Waals surface area contributed by atoms with E-state index in [1.807, 2.05) is 0 Å². The van der Waals surface area contributed by atoms with Crippen molar-refractivity contribution in [2.45, 2.75) is 6.43 Å². The van der Waals surface area contributed by atoms with Crippen molar-refractivity contribution in [3.63, 3.8) is 0 Å². The second-order valence-electron chi connectivity index (χ2n) is 2.54. The Balaban J connectivity index is 3.49. The van der Waals surface area contributed by atoms with E-state index in [1.165, 1.54) is 6.07 Å². The van der Waals surface area contributed by atoms with Gasteiger partial charge >= 0.3 is 0 Å². The van der Waals surface area contributed by atoms with Gasteiger partial charge in [-0.05, 0) is 17.7 Å². The monoisotopic (exact) mass is 231 g/mol. The molecular formula is C8H4ClF2N3O. The molecule has 0 aromatic carbocycles. The third-order valence-corrected chi connectivity index (χ3v) is 1.82. The predicted octanol–water partition coefficient (Wildman–Crippen LogP) is 1.85. The van der Waals surface area contributed by atoms with Gasteiger partial charge < -0.3 is 5.73 Å². The summed E-state index contributed by atoms with van der Waals surface area (Å²) in [6.45, 7) is 0. The fourth-order valence-electron chi connectivity index (χ4n) is 0.961. The summed E-state index contributed by atoms with van der Waals surface area (Å²) in [6.07, 6.45) is -2.96. The molecule has 2 N–H and O–H groups in total. The summed E-state index contributed by atoms with van der Waals surface area (Å²) in [5.74, 6) is 0. The molecule has 0 atom stereocenters. The van der Waals surface area contributed by atoms with E-state index in [0.717, 1.165) is 6.07 Å². The topological polar surface area (TPSA) is 79.8 Å². The summed E-state index contributed by atoms with van der Waals surface area (Å²) in [7, 11) is 0. The molecular weight excluding hydrogens is 228 g/mol. The van der Waals surface area contributed by atoms with Crippen LogP contribution in [0.25, 0.3) is 0 Å². The number of hydrogen-bond acceptors (Lipinski definition) is 4. The van der Waals surface area contributed by atoms with E-state index >= 15 is 0 Å². The number of aromatic nitrogens is 1. The number of nitrogens with zero attached hydrogens (tertiary/aromatic N) is 2. The number of alkyl halides is 2. The normalized spacial score (nSPS) is 10.1. The maximum atomic E-state index is 12.4. The molecule has 0 aliphatic rings. The maximum absolute atomic E-state index is 12.4. The second kappa shape index (κ2) is 4.19. The molecule has 0 saturated carbocycles. The number of nitrogen functional groups attached to an aromatic ring is 1. The van der Waals surface area contributed by atoms with Gasteiger partial charge in [-0.3, -0.25) is 4.79 Å². The number of anilines is 1. The van der Waals surface area contributed by atoms with E-state index in [1.54, 1.807) is 0 Å². The lowest BCUT2D eigenvalue weighted by Gasteiger charge is -2.06. The van der Waals surface area contributed by atoms with Crippen molar-refractivity contribution < 1.29 is 13.6 Å². The average molecular weight is 232 g/mol. The third-order valence-electron chi connectivity index (χ3n) is 1.62. The van der Waals surface area contributed by atoms with Crippen LogP contribution in [0, 0.1) is 11.3 Å². The van der Waals surface area contributed by atoms with Crippen molar-refractivity contribution in [3.05, 3.63) is 23.0 Å². The SMILES string of the molecule is N#Cc1cc(C(=O)Cl)c(N)c(C(F)F)n1. The van der Waals surface area contributed by atoms with E-state index in [4.69, 9.17) is 22.6 Å². The Bertz CT molecular complexity index is 456. The van der Waals surface area contributed by atoms with Crippen LogP contribution in [-0.4, -0.2) is 10.2 Å². The van der Waals surface area contributed by atoms with E-state index in [-0.39, 0.29) is 11.3 Å². The van der Waals surface area contributed by atoms with Crippen LogP contribution < -0.4 is 5.73 Å². The van der Waals surface area contributed by atoms with Crippen molar-refractivity contribution in [1.82, 2.24) is 4.98 Å². The quantitative estimate of drug-likeness (QED) is 0.788. The van der Waals surface area contributed by atoms with Crippen molar-refractivity contribution >= 4 is 22.5 Å². The minimum absolute atomic E-state index is 0.330. The Morgan fingerprint density at radius 3 is 2.67 bits per heavy atom. The van der Waals surface area contributed by atoms with Gasteiger partial charge in [0.05, 0.1) is 11.3 Å². The maximum Gasteiger partial charge on any atom is 0.282 e. The Morgan fingerprint density at radius 1 is 1.67 bits per heavy atom. The summed E-state index contributed by atoms with van der Waals surface area (Å²) in [5, 5.41) is 7.48. The van der Waals surface area contributed by atoms with Crippen molar-refractivity contribution in [2.24, 2.45) is 0 Å². The van der Waals surface area contributed by atoms with Gasteiger partial charge in [-0.15, -0.1) is 0 Å². The number of halogens is 3. The molecule has 0 aliphatic carbocycles. The first kappa shape index (κ1) is 11.3. The number of carbonyl (C=O) groups is 1. The van der Waals surface area contributed by atoms with Gasteiger partial charge in [0.15, 0.2) is 0 Å². The minimum atomic E-state index is -2.96. The van der Waals surface area contributed by atoms with Crippen LogP contribution in [-0.2, 0) is 0 Å². The average Bonchev–Trinajstić information content (AvgIpc) is 2.17. The Hall–Kier alpha value is -1.74. The molecule has 1 aromatic rings. The Labute approximate surface area is 88.3 Å². The molecule has 0 aliphatic heterocycles. The first-order chi connectivity index (χ1) is 6.97. The standard InChI is InChI=1S/C8H4ClF2N3O/c9-7(15)4-1-3(2-12)14-6(5(4)13)8(10)11/h1,8H,13H2. The van der Waals surface area contributed by atoms with Crippen LogP contribution in [0.4, 0.5) is 14.5 Å². The molecule has 0 amide bonds. The van der Waals surface area contributed by atoms with Gasteiger partial charge in [0, 0.05) is 0 Å². The molecule has 1 aromatic heterocycles. The highest BCUT2D eigenvalue weighted by Gasteiger charge is 2.20. The fraction of sp³-hybridized carbons (Fsp3) is 0.125. The summed E-state index contributed by atoms with van der Waals surface area (Å²) in [5.41, 5.74) is 3.28. The largest absolute Gasteiger partial charge is 0.396 e. The highest BCUT2D eigenvalue weighted by molar-refractivity contribution is 6.68. The van der Waals surface area contributed by atoms with Crippen LogP contribution in [0.5, 0.6) is 0 Å². The summed E-state index contributed by atoms with van der Waals surface area (Å²) >= 11 is 5.11. The molecule has 0 spiro atoms. The molecule has 4 nitrogen and oxygen atoms in total. The van der Waals surface area contributed by atoms with E-state index in [0.29, 0.717) is 0 Å². The second-order valence-corrected chi connectivity index (χ2v) is 2.88. The van der Waals surface area contributed by atoms with Gasteiger partial charge in [0.25, 0.3) is 11.7 Å². The smallest absolute Gasteiger partial charge is 0.282 e. The van der Waals surface area contributed by atoms with Gasteiger partial charge in [0.2, 0.25) is 0 Å². The zero-order valence-corrected chi connectivity index (χ0v) is 7.92. The first-order valence-electron chi connectivity index (χ1n) is 3.66. The molecule has 0 unspecified atom stereocenters. The van der Waals surface area contributed by atoms with Gasteiger partial charge in [0.1, 0.15) is 17.5 Å². The van der Waals surface area contributed by atoms with Crippen LogP contribution in [0.3, 0.4) is 0 Å². The molecule has 15 heavy (non-hydrogen) atoms. The number of hydrogen-bond donors (Lipinski definition) is 1. The van der Waals surface area contributed by atoms with Crippen molar-refractivity contribution in [1.29, 1.82) is 5.26 Å². The lowest BCUT2D eigenvalue weighted by Crippen LogP contribution is -2.07. The van der Waals surface area contributed by atoms with E-state index < -0.39 is 23.0 Å². The molecule has 0 saturated heterocycles. The molecule has 0 fully saturated rings. The summed E-state index contributed by atoms with van der Waals surface area (Å²) in [6, 6.07) is 2.50. The molecule has 7 heteroatoms. The van der Waals surface area contributed by atoms with Crippen molar-refractivity contribution in [2.75, 3.05) is 5.73 Å². The highest BCUT2D eigenvalue weighted by Crippen LogP contribution is 2.27. The molecule has 1 rings (SSSR count). The van der Waals surface area contributed by atoms with E-state index in [2.05, 4.69) is 4.98 Å². The molecule has 0 radical (unpaired) electrons. The van der Waals surface area contributed by atoms with Crippen LogP contribution in [0.15, 0.2) is 6.07 Å². The Kier molecular flexibility index (Phi) is 3.17. The highest BCUT2D eigenvalue weighted by atomic mass is 35.5. The Morgan fingerprint density at radius 2 is 2.27 bits per heavy atom. The number of carbonyl (C=O) groups excluding carboxylic acids is 1. The first-order valence-corrected chi connectivity index (χ1v) is 4.03. The number of nitrogens with two attached hydrogens (primary N) is 1. The predicted molar refractivity (Wildman–Crippen MR) is 48.5 cm³/mol. The van der Waals surface area contributed by atoms with Gasteiger partial charge in [-0.1, -0.05) is 0 Å². The molecule has 78 valence electrons. The lowest BCUT2D eigenvalue weighted by molar-refractivity contribution is 0.108. The molecule has 0 bridgehead atoms. The lowest BCUT2D eigenvalue weighted by atomic mass is 10.1. The number of rotatable bonds is 2. The minimum Gasteiger partial charge on any atom is -0.396 e. The summed E-state index contributed by atoms with van der Waals surface area (Å²) in [4.78, 5) is 14.1. The fourth-order valence-corrected chi connectivity index (χ4v) is 1.12. The van der Waals surface area contributed by atoms with Crippen LogP contribution >= 0.6 is 11.6 Å². The van der Waals surface area contributed by atoms with Gasteiger partial charge in [-0.25, -0.2) is 13.8 Å².